The van der Waals surface area contributed by atoms with E-state index in [0.717, 1.165) is 38.6 Å². The standard InChI is InChI=1S/C4H9O.Pb.H/c1-2-3-4-5;;/h4-5H,2-3H2,1H3;;. The van der Waals surface area contributed by atoms with E-state index in [-0.39, 0.29) is 3.66 Å². The van der Waals surface area contributed by atoms with E-state index < -0.39 is 0 Å². The van der Waals surface area contributed by atoms with E-state index >= 15 is 0 Å². The SMILES string of the molecule is CCC[CH](O)[PbH]. The van der Waals surface area contributed by atoms with Crippen molar-refractivity contribution in [1.29, 1.82) is 0 Å². The van der Waals surface area contributed by atoms with E-state index in [0.29, 0.717) is 0 Å². The number of aliphatic hydroxyl groups excluding tert-OH is 1. The van der Waals surface area contributed by atoms with Crippen LogP contribution in [-0.2, 0) is 0 Å². The summed E-state index contributed by atoms with van der Waals surface area (Å²) in [4.78, 5) is 0. The molecule has 0 aromatic rings. The molecule has 0 spiro atoms. The Morgan fingerprint density at radius 2 is 2.33 bits per heavy atom. The van der Waals surface area contributed by atoms with Crippen molar-refractivity contribution in [3.8, 4) is 0 Å². The van der Waals surface area contributed by atoms with Gasteiger partial charge >= 0.3 is 54.3 Å². The summed E-state index contributed by atoms with van der Waals surface area (Å²) in [5.74, 6) is 0. The van der Waals surface area contributed by atoms with Crippen molar-refractivity contribution in [2.75, 3.05) is 0 Å². The number of hydrogen-bond donors (Lipinski definition) is 1. The topological polar surface area (TPSA) is 20.2 Å². The first-order valence-corrected chi connectivity index (χ1v) is 4.80. The van der Waals surface area contributed by atoms with E-state index in [1.165, 1.54) is 0 Å². The number of hydrogen-bond acceptors (Lipinski definition) is 1. The van der Waals surface area contributed by atoms with Gasteiger partial charge in [-0.05, 0) is 0 Å². The van der Waals surface area contributed by atoms with Crippen LogP contribution in [0.25, 0.3) is 0 Å². The van der Waals surface area contributed by atoms with Crippen LogP contribution in [0.3, 0.4) is 0 Å². The van der Waals surface area contributed by atoms with Gasteiger partial charge in [-0.2, -0.15) is 0 Å². The zero-order valence-electron chi connectivity index (χ0n) is 4.02. The maximum absolute atomic E-state index is 8.63. The summed E-state index contributed by atoms with van der Waals surface area (Å²) < 4.78 is 0.0648. The average Bonchev–Trinajstić information content (AvgIpc) is 1.35. The molecule has 0 aromatic heterocycles. The van der Waals surface area contributed by atoms with Crippen LogP contribution in [0, 0.1) is 0 Å². The molecule has 1 unspecified atom stereocenters. The van der Waals surface area contributed by atoms with Gasteiger partial charge in [0.1, 0.15) is 0 Å². The Morgan fingerprint density at radius 3 is 2.33 bits per heavy atom. The van der Waals surface area contributed by atoms with Crippen molar-refractivity contribution in [2.45, 2.75) is 23.4 Å². The summed E-state index contributed by atoms with van der Waals surface area (Å²) in [6.45, 7) is 2.09. The van der Waals surface area contributed by atoms with Gasteiger partial charge in [0.2, 0.25) is 0 Å². The molecule has 1 atom stereocenters. The third kappa shape index (κ3) is 4.88. The molecule has 0 heterocycles. The molecule has 1 N–H and O–H groups in total. The predicted molar refractivity (Wildman–Crippen MR) is 28.1 cm³/mol. The van der Waals surface area contributed by atoms with Crippen molar-refractivity contribution >= 4 is 25.8 Å². The van der Waals surface area contributed by atoms with Gasteiger partial charge in [0.15, 0.2) is 0 Å². The molecule has 0 aliphatic carbocycles. The zero-order valence-corrected chi connectivity index (χ0v) is 8.51. The Balaban J connectivity index is 2.63. The molecule has 0 saturated heterocycles. The van der Waals surface area contributed by atoms with Crippen molar-refractivity contribution in [2.24, 2.45) is 0 Å². The number of aliphatic hydroxyl groups is 1. The number of rotatable bonds is 2. The van der Waals surface area contributed by atoms with Gasteiger partial charge in [-0.25, -0.2) is 0 Å². The third-order valence-electron chi connectivity index (χ3n) is 0.584. The van der Waals surface area contributed by atoms with E-state index in [4.69, 9.17) is 5.11 Å². The molecule has 36 valence electrons. The zero-order chi connectivity index (χ0) is 4.99. The molecule has 0 aliphatic heterocycles. The van der Waals surface area contributed by atoms with E-state index in [2.05, 4.69) is 6.92 Å². The molecule has 0 saturated carbocycles. The molecule has 1 nitrogen and oxygen atoms in total. The molecule has 0 fully saturated rings. The Morgan fingerprint density at radius 1 is 1.83 bits per heavy atom. The molecule has 0 amide bonds. The van der Waals surface area contributed by atoms with Crippen molar-refractivity contribution < 1.29 is 5.11 Å². The Bertz CT molecular complexity index is 28.7. The fourth-order valence-corrected chi connectivity index (χ4v) is 1.59. The monoisotopic (exact) mass is 282 g/mol. The van der Waals surface area contributed by atoms with Crippen molar-refractivity contribution in [3.05, 3.63) is 0 Å². The van der Waals surface area contributed by atoms with Crippen molar-refractivity contribution in [3.63, 3.8) is 0 Å². The van der Waals surface area contributed by atoms with Gasteiger partial charge in [-0.1, -0.05) is 0 Å². The van der Waals surface area contributed by atoms with Gasteiger partial charge in [-0.3, -0.25) is 0 Å². The first kappa shape index (κ1) is 6.88. The van der Waals surface area contributed by atoms with Crippen molar-refractivity contribution in [1.82, 2.24) is 0 Å². The minimum absolute atomic E-state index is 0.0648. The molecule has 0 rings (SSSR count). The molecule has 2 radical (unpaired) electrons. The van der Waals surface area contributed by atoms with E-state index in [1.54, 1.807) is 0 Å². The summed E-state index contributed by atoms with van der Waals surface area (Å²) in [6.07, 6.45) is 2.13. The first-order chi connectivity index (χ1) is 2.77. The molecule has 0 bridgehead atoms. The second-order valence-corrected chi connectivity index (χ2v) is 4.35. The average molecular weight is 281 g/mol. The van der Waals surface area contributed by atoms with Gasteiger partial charge < -0.3 is 0 Å². The minimum atomic E-state index is 0.0648. The fraction of sp³-hybridized carbons (Fsp3) is 1.00. The quantitative estimate of drug-likeness (QED) is 0.707. The summed E-state index contributed by atoms with van der Waals surface area (Å²) in [7, 11) is 0. The van der Waals surface area contributed by atoms with Gasteiger partial charge in [0, 0.05) is 0 Å². The van der Waals surface area contributed by atoms with E-state index in [9.17, 15) is 0 Å². The Labute approximate surface area is 54.4 Å². The van der Waals surface area contributed by atoms with Crippen LogP contribution in [-0.4, -0.2) is 34.5 Å². The molecular formula is C4H10OPb. The van der Waals surface area contributed by atoms with Crippen LogP contribution < -0.4 is 0 Å². The van der Waals surface area contributed by atoms with Crippen LogP contribution >= 0.6 is 0 Å². The van der Waals surface area contributed by atoms with Gasteiger partial charge in [-0.15, -0.1) is 0 Å². The fourth-order valence-electron chi connectivity index (χ4n) is 0.296. The Hall–Kier alpha value is 0.882. The molecule has 2 heteroatoms. The second kappa shape index (κ2) is 4.05. The van der Waals surface area contributed by atoms with Gasteiger partial charge in [0.05, 0.1) is 0 Å². The van der Waals surface area contributed by atoms with Crippen LogP contribution in [0.5, 0.6) is 0 Å². The second-order valence-electron chi connectivity index (χ2n) is 1.36. The van der Waals surface area contributed by atoms with Gasteiger partial charge in [0.25, 0.3) is 0 Å². The van der Waals surface area contributed by atoms with Crippen LogP contribution in [0.1, 0.15) is 19.8 Å². The van der Waals surface area contributed by atoms with Crippen LogP contribution in [0.15, 0.2) is 0 Å². The maximum atomic E-state index is 8.63. The summed E-state index contributed by atoms with van der Waals surface area (Å²) in [5.41, 5.74) is 0. The normalized spacial score (nSPS) is 14.5. The molecule has 0 aromatic carbocycles. The van der Waals surface area contributed by atoms with Crippen LogP contribution in [0.4, 0.5) is 0 Å². The predicted octanol–water partition coefficient (Wildman–Crippen LogP) is 0.00570. The molecule has 6 heavy (non-hydrogen) atoms. The summed E-state index contributed by atoms with van der Waals surface area (Å²) in [5, 5.41) is 8.63. The van der Waals surface area contributed by atoms with E-state index in [1.807, 2.05) is 0 Å². The third-order valence-corrected chi connectivity index (χ3v) is 1.88. The molecular weight excluding hydrogens is 271 g/mol. The molecule has 0 aliphatic rings. The Kier molecular flexibility index (Phi) is 4.65. The first-order valence-electron chi connectivity index (χ1n) is 2.21. The van der Waals surface area contributed by atoms with Crippen LogP contribution in [0.2, 0.25) is 0 Å². The summed E-state index contributed by atoms with van der Waals surface area (Å²) >= 11 is 0.759. The summed E-state index contributed by atoms with van der Waals surface area (Å²) in [6, 6.07) is 0.